The van der Waals surface area contributed by atoms with Crippen LogP contribution >= 0.6 is 0 Å². The van der Waals surface area contributed by atoms with Crippen LogP contribution in [-0.2, 0) is 16.6 Å². The van der Waals surface area contributed by atoms with E-state index in [-0.39, 0.29) is 22.3 Å². The monoisotopic (exact) mass is 440 g/mol. The molecule has 0 unspecified atom stereocenters. The van der Waals surface area contributed by atoms with Gasteiger partial charge in [0.15, 0.2) is 11.6 Å². The zero-order valence-corrected chi connectivity index (χ0v) is 17.1. The lowest BCUT2D eigenvalue weighted by molar-refractivity contribution is -0.384. The van der Waals surface area contributed by atoms with Crippen molar-refractivity contribution < 1.29 is 22.1 Å². The van der Waals surface area contributed by atoms with Gasteiger partial charge in [0.25, 0.3) is 5.69 Å². The van der Waals surface area contributed by atoms with Crippen LogP contribution in [0.3, 0.4) is 0 Å². The van der Waals surface area contributed by atoms with Gasteiger partial charge in [-0.15, -0.1) is 0 Å². The number of piperidine rings is 1. The van der Waals surface area contributed by atoms with Gasteiger partial charge in [-0.25, -0.2) is 21.9 Å². The van der Waals surface area contributed by atoms with Crippen molar-refractivity contribution >= 4 is 21.4 Å². The molecule has 1 aliphatic rings. The van der Waals surface area contributed by atoms with Gasteiger partial charge in [-0.3, -0.25) is 15.0 Å². The molecule has 11 heteroatoms. The molecular formula is C19H22F2N4O4S. The Kier molecular flexibility index (Phi) is 6.64. The molecule has 3 rings (SSSR count). The van der Waals surface area contributed by atoms with Crippen molar-refractivity contribution in [3.63, 3.8) is 0 Å². The van der Waals surface area contributed by atoms with Gasteiger partial charge >= 0.3 is 0 Å². The van der Waals surface area contributed by atoms with Crippen LogP contribution in [0.2, 0.25) is 0 Å². The number of nitrogens with zero attached hydrogens (tertiary/aromatic N) is 2. The van der Waals surface area contributed by atoms with E-state index in [1.165, 1.54) is 25.2 Å². The molecule has 0 amide bonds. The molecule has 1 heterocycles. The number of nitro groups is 1. The van der Waals surface area contributed by atoms with Gasteiger partial charge in [0.05, 0.1) is 9.82 Å². The zero-order valence-electron chi connectivity index (χ0n) is 16.3. The van der Waals surface area contributed by atoms with Crippen molar-refractivity contribution in [1.82, 2.24) is 9.62 Å². The molecule has 30 heavy (non-hydrogen) atoms. The molecule has 0 atom stereocenters. The number of hydrogen-bond acceptors (Lipinski definition) is 6. The topological polar surface area (TPSA) is 105 Å². The van der Waals surface area contributed by atoms with Crippen LogP contribution in [0.15, 0.2) is 41.3 Å². The molecule has 2 aromatic carbocycles. The molecule has 162 valence electrons. The molecular weight excluding hydrogens is 418 g/mol. The summed E-state index contributed by atoms with van der Waals surface area (Å²) < 4.78 is 52.4. The smallest absolute Gasteiger partial charge is 0.293 e. The molecule has 2 aromatic rings. The van der Waals surface area contributed by atoms with Gasteiger partial charge in [0, 0.05) is 31.7 Å². The number of nitrogens with one attached hydrogen (secondary N) is 2. The van der Waals surface area contributed by atoms with Crippen LogP contribution < -0.4 is 10.0 Å². The Labute approximate surface area is 173 Å². The number of benzene rings is 2. The minimum Gasteiger partial charge on any atom is -0.377 e. The molecule has 0 bridgehead atoms. The molecule has 1 aliphatic heterocycles. The summed E-state index contributed by atoms with van der Waals surface area (Å²) >= 11 is 0. The first-order valence-electron chi connectivity index (χ1n) is 9.34. The summed E-state index contributed by atoms with van der Waals surface area (Å²) in [6.45, 7) is 1.84. The Bertz CT molecular complexity index is 1040. The Morgan fingerprint density at radius 3 is 2.43 bits per heavy atom. The minimum absolute atomic E-state index is 0.0309. The number of rotatable bonds is 7. The standard InChI is InChI=1S/C19H22F2N4O4S/c1-22-30(28,29)15-3-5-18(19(11-15)25(26)27)23-14-6-8-24(9-7-14)12-13-2-4-16(20)17(21)10-13/h2-5,10-11,14,22-23H,6-9,12H2,1H3. The van der Waals surface area contributed by atoms with Gasteiger partial charge in [-0.05, 0) is 49.7 Å². The van der Waals surface area contributed by atoms with Crippen molar-refractivity contribution in [3.8, 4) is 0 Å². The van der Waals surface area contributed by atoms with Crippen LogP contribution in [-0.4, -0.2) is 44.4 Å². The number of hydrogen-bond donors (Lipinski definition) is 2. The zero-order chi connectivity index (χ0) is 21.9. The van der Waals surface area contributed by atoms with Gasteiger partial charge < -0.3 is 5.32 Å². The van der Waals surface area contributed by atoms with Gasteiger partial charge in [-0.2, -0.15) is 0 Å². The van der Waals surface area contributed by atoms with Crippen molar-refractivity contribution in [3.05, 3.63) is 63.7 Å². The molecule has 1 saturated heterocycles. The van der Waals surface area contributed by atoms with Gasteiger partial charge in [0.1, 0.15) is 5.69 Å². The highest BCUT2D eigenvalue weighted by molar-refractivity contribution is 7.89. The molecule has 2 N–H and O–H groups in total. The maximum absolute atomic E-state index is 13.4. The summed E-state index contributed by atoms with van der Waals surface area (Å²) in [7, 11) is -2.55. The van der Waals surface area contributed by atoms with E-state index in [2.05, 4.69) is 14.9 Å². The van der Waals surface area contributed by atoms with Crippen LogP contribution in [0.25, 0.3) is 0 Å². The average Bonchev–Trinajstić information content (AvgIpc) is 2.72. The van der Waals surface area contributed by atoms with Crippen molar-refractivity contribution in [2.45, 2.75) is 30.3 Å². The second-order valence-corrected chi connectivity index (χ2v) is 8.97. The maximum atomic E-state index is 13.4. The third-order valence-corrected chi connectivity index (χ3v) is 6.49. The average molecular weight is 440 g/mol. The number of nitro benzene ring substituents is 1. The summed E-state index contributed by atoms with van der Waals surface area (Å²) in [4.78, 5) is 12.7. The third kappa shape index (κ3) is 5.10. The van der Waals surface area contributed by atoms with E-state index in [0.717, 1.165) is 12.1 Å². The summed E-state index contributed by atoms with van der Waals surface area (Å²) in [5, 5.41) is 14.6. The SMILES string of the molecule is CNS(=O)(=O)c1ccc(NC2CCN(Cc3ccc(F)c(F)c3)CC2)c([N+](=O)[O-])c1. The fourth-order valence-corrected chi connectivity index (χ4v) is 4.17. The Hall–Kier alpha value is -2.63. The highest BCUT2D eigenvalue weighted by Crippen LogP contribution is 2.29. The van der Waals surface area contributed by atoms with Crippen LogP contribution in [0, 0.1) is 21.7 Å². The molecule has 8 nitrogen and oxygen atoms in total. The van der Waals surface area contributed by atoms with E-state index in [9.17, 15) is 27.3 Å². The molecule has 0 aliphatic carbocycles. The second kappa shape index (κ2) is 9.02. The fraction of sp³-hybridized carbons (Fsp3) is 0.368. The number of anilines is 1. The summed E-state index contributed by atoms with van der Waals surface area (Å²) in [5.74, 6) is -1.75. The quantitative estimate of drug-likeness (QED) is 0.507. The number of halogens is 2. The van der Waals surface area contributed by atoms with Crippen molar-refractivity contribution in [1.29, 1.82) is 0 Å². The molecule has 0 radical (unpaired) electrons. The van der Waals surface area contributed by atoms with E-state index in [1.807, 2.05) is 0 Å². The lowest BCUT2D eigenvalue weighted by Gasteiger charge is -2.32. The predicted molar refractivity (Wildman–Crippen MR) is 108 cm³/mol. The molecule has 0 aromatic heterocycles. The highest BCUT2D eigenvalue weighted by Gasteiger charge is 2.24. The van der Waals surface area contributed by atoms with Gasteiger partial charge in [0.2, 0.25) is 10.0 Å². The largest absolute Gasteiger partial charge is 0.377 e. The maximum Gasteiger partial charge on any atom is 0.293 e. The molecule has 0 spiro atoms. The lowest BCUT2D eigenvalue weighted by Crippen LogP contribution is -2.38. The summed E-state index contributed by atoms with van der Waals surface area (Å²) in [5.41, 5.74) is 0.627. The number of sulfonamides is 1. The summed E-state index contributed by atoms with van der Waals surface area (Å²) in [6.07, 6.45) is 1.38. The van der Waals surface area contributed by atoms with E-state index >= 15 is 0 Å². The minimum atomic E-state index is -3.79. The second-order valence-electron chi connectivity index (χ2n) is 7.09. The Balaban J connectivity index is 1.64. The molecule has 1 fully saturated rings. The predicted octanol–water partition coefficient (Wildman–Crippen LogP) is 2.86. The first-order chi connectivity index (χ1) is 14.2. The van der Waals surface area contributed by atoms with Crippen LogP contribution in [0.5, 0.6) is 0 Å². The lowest BCUT2D eigenvalue weighted by atomic mass is 10.0. The highest BCUT2D eigenvalue weighted by atomic mass is 32.2. The first kappa shape index (κ1) is 22.1. The van der Waals surface area contributed by atoms with Gasteiger partial charge in [-0.1, -0.05) is 6.07 Å². The summed E-state index contributed by atoms with van der Waals surface area (Å²) in [6, 6.07) is 7.56. The van der Waals surface area contributed by atoms with E-state index in [4.69, 9.17) is 0 Å². The fourth-order valence-electron chi connectivity index (χ4n) is 3.42. The third-order valence-electron chi connectivity index (χ3n) is 5.08. The van der Waals surface area contributed by atoms with Crippen molar-refractivity contribution in [2.24, 2.45) is 0 Å². The van der Waals surface area contributed by atoms with Crippen LogP contribution in [0.1, 0.15) is 18.4 Å². The van der Waals surface area contributed by atoms with E-state index < -0.39 is 26.6 Å². The Morgan fingerprint density at radius 2 is 1.83 bits per heavy atom. The molecule has 0 saturated carbocycles. The Morgan fingerprint density at radius 1 is 1.13 bits per heavy atom. The van der Waals surface area contributed by atoms with Crippen LogP contribution in [0.4, 0.5) is 20.2 Å². The normalized spacial score (nSPS) is 15.8. The van der Waals surface area contributed by atoms with E-state index in [0.29, 0.717) is 38.0 Å². The van der Waals surface area contributed by atoms with E-state index in [1.54, 1.807) is 6.07 Å². The number of likely N-dealkylation sites (tertiary alicyclic amines) is 1. The van der Waals surface area contributed by atoms with Crippen molar-refractivity contribution in [2.75, 3.05) is 25.5 Å². The first-order valence-corrected chi connectivity index (χ1v) is 10.8.